The summed E-state index contributed by atoms with van der Waals surface area (Å²) in [5.74, 6) is 0.467. The highest BCUT2D eigenvalue weighted by atomic mass is 16.5. The van der Waals surface area contributed by atoms with Crippen LogP contribution in [0, 0.1) is 5.92 Å². The minimum atomic E-state index is 0.232. The van der Waals surface area contributed by atoms with Crippen LogP contribution in [0.3, 0.4) is 0 Å². The Kier molecular flexibility index (Phi) is 5.90. The molecule has 1 aliphatic heterocycles. The SMILES string of the molecule is CC1CN(Cc2ccccc2CNC(=O)C2CCCC2)CC(C)O1. The van der Waals surface area contributed by atoms with Crippen molar-refractivity contribution in [2.24, 2.45) is 5.92 Å². The number of benzene rings is 1. The van der Waals surface area contributed by atoms with Gasteiger partial charge in [0.2, 0.25) is 5.91 Å². The van der Waals surface area contributed by atoms with E-state index in [1.807, 2.05) is 0 Å². The van der Waals surface area contributed by atoms with Crippen LogP contribution in [0.2, 0.25) is 0 Å². The van der Waals surface area contributed by atoms with Crippen LogP contribution in [0.4, 0.5) is 0 Å². The van der Waals surface area contributed by atoms with Crippen LogP contribution in [0.15, 0.2) is 24.3 Å². The van der Waals surface area contributed by atoms with Crippen molar-refractivity contribution >= 4 is 5.91 Å². The highest BCUT2D eigenvalue weighted by Crippen LogP contribution is 2.25. The van der Waals surface area contributed by atoms with Gasteiger partial charge < -0.3 is 10.1 Å². The molecule has 0 bridgehead atoms. The Balaban J connectivity index is 1.59. The fourth-order valence-electron chi connectivity index (χ4n) is 4.05. The third-order valence-electron chi connectivity index (χ3n) is 5.19. The molecule has 1 N–H and O–H groups in total. The van der Waals surface area contributed by atoms with E-state index < -0.39 is 0 Å². The smallest absolute Gasteiger partial charge is 0.223 e. The first-order valence-electron chi connectivity index (χ1n) is 9.34. The molecule has 1 aliphatic carbocycles. The average molecular weight is 330 g/mol. The molecule has 1 aromatic carbocycles. The van der Waals surface area contributed by atoms with Gasteiger partial charge in [-0.1, -0.05) is 37.1 Å². The molecule has 3 rings (SSSR count). The number of ether oxygens (including phenoxy) is 1. The predicted octanol–water partition coefficient (Wildman–Crippen LogP) is 3.10. The second-order valence-corrected chi connectivity index (χ2v) is 7.42. The van der Waals surface area contributed by atoms with Gasteiger partial charge in [0.25, 0.3) is 0 Å². The summed E-state index contributed by atoms with van der Waals surface area (Å²) in [5.41, 5.74) is 2.54. The molecule has 2 atom stereocenters. The van der Waals surface area contributed by atoms with Crippen LogP contribution in [-0.2, 0) is 22.6 Å². The lowest BCUT2D eigenvalue weighted by Gasteiger charge is -2.35. The first kappa shape index (κ1) is 17.4. The van der Waals surface area contributed by atoms with Gasteiger partial charge in [-0.3, -0.25) is 9.69 Å². The first-order valence-corrected chi connectivity index (χ1v) is 9.34. The van der Waals surface area contributed by atoms with Gasteiger partial charge in [0, 0.05) is 32.1 Å². The van der Waals surface area contributed by atoms with E-state index in [4.69, 9.17) is 4.74 Å². The first-order chi connectivity index (χ1) is 11.6. The van der Waals surface area contributed by atoms with Crippen molar-refractivity contribution in [3.63, 3.8) is 0 Å². The van der Waals surface area contributed by atoms with Crippen LogP contribution < -0.4 is 5.32 Å². The molecule has 132 valence electrons. The fraction of sp³-hybridized carbons (Fsp3) is 0.650. The number of nitrogens with one attached hydrogen (secondary N) is 1. The molecular formula is C20H30N2O2. The topological polar surface area (TPSA) is 41.6 Å². The van der Waals surface area contributed by atoms with Gasteiger partial charge in [-0.2, -0.15) is 0 Å². The van der Waals surface area contributed by atoms with Crippen LogP contribution in [0.25, 0.3) is 0 Å². The monoisotopic (exact) mass is 330 g/mol. The van der Waals surface area contributed by atoms with Crippen molar-refractivity contribution in [1.82, 2.24) is 10.2 Å². The Morgan fingerprint density at radius 3 is 2.42 bits per heavy atom. The molecular weight excluding hydrogens is 300 g/mol. The largest absolute Gasteiger partial charge is 0.373 e. The molecule has 0 aromatic heterocycles. The standard InChI is InChI=1S/C20H30N2O2/c1-15-12-22(13-16(2)24-15)14-19-10-6-5-9-18(19)11-21-20(23)17-7-3-4-8-17/h5-6,9-10,15-17H,3-4,7-8,11-14H2,1-2H3,(H,21,23). The Bertz CT molecular complexity index is 544. The summed E-state index contributed by atoms with van der Waals surface area (Å²) in [7, 11) is 0. The number of hydrogen-bond acceptors (Lipinski definition) is 3. The summed E-state index contributed by atoms with van der Waals surface area (Å²) < 4.78 is 5.82. The van der Waals surface area contributed by atoms with E-state index in [0.29, 0.717) is 6.54 Å². The molecule has 1 amide bonds. The zero-order chi connectivity index (χ0) is 16.9. The Labute approximate surface area is 145 Å². The summed E-state index contributed by atoms with van der Waals surface area (Å²) in [6.45, 7) is 7.77. The maximum atomic E-state index is 12.3. The van der Waals surface area contributed by atoms with E-state index in [-0.39, 0.29) is 24.0 Å². The van der Waals surface area contributed by atoms with Gasteiger partial charge >= 0.3 is 0 Å². The predicted molar refractivity (Wildman–Crippen MR) is 95.5 cm³/mol. The van der Waals surface area contributed by atoms with Crippen molar-refractivity contribution in [3.05, 3.63) is 35.4 Å². The fourth-order valence-corrected chi connectivity index (χ4v) is 4.05. The number of amides is 1. The third-order valence-corrected chi connectivity index (χ3v) is 5.19. The average Bonchev–Trinajstić information content (AvgIpc) is 3.07. The van der Waals surface area contributed by atoms with Gasteiger partial charge in [0.1, 0.15) is 0 Å². The number of rotatable bonds is 5. The van der Waals surface area contributed by atoms with E-state index in [2.05, 4.69) is 48.3 Å². The minimum Gasteiger partial charge on any atom is -0.373 e. The maximum Gasteiger partial charge on any atom is 0.223 e. The zero-order valence-corrected chi connectivity index (χ0v) is 15.0. The number of hydrogen-bond donors (Lipinski definition) is 1. The Hall–Kier alpha value is -1.39. The van der Waals surface area contributed by atoms with Gasteiger partial charge in [-0.05, 0) is 37.8 Å². The lowest BCUT2D eigenvalue weighted by atomic mass is 10.0. The van der Waals surface area contributed by atoms with Crippen LogP contribution in [0.1, 0.15) is 50.7 Å². The molecule has 0 radical (unpaired) electrons. The van der Waals surface area contributed by atoms with Crippen LogP contribution >= 0.6 is 0 Å². The van der Waals surface area contributed by atoms with Crippen LogP contribution in [-0.4, -0.2) is 36.1 Å². The minimum absolute atomic E-state index is 0.232. The summed E-state index contributed by atoms with van der Waals surface area (Å²) in [6, 6.07) is 8.47. The lowest BCUT2D eigenvalue weighted by molar-refractivity contribution is -0.124. The normalized spacial score (nSPS) is 25.8. The van der Waals surface area contributed by atoms with Crippen molar-refractivity contribution in [2.45, 2.75) is 64.8 Å². The lowest BCUT2D eigenvalue weighted by Crippen LogP contribution is -2.45. The Morgan fingerprint density at radius 2 is 1.75 bits per heavy atom. The molecule has 0 spiro atoms. The van der Waals surface area contributed by atoms with E-state index in [1.165, 1.54) is 24.0 Å². The van der Waals surface area contributed by atoms with Gasteiger partial charge in [-0.25, -0.2) is 0 Å². The number of nitrogens with zero attached hydrogens (tertiary/aromatic N) is 1. The highest BCUT2D eigenvalue weighted by molar-refractivity contribution is 5.78. The third kappa shape index (κ3) is 4.58. The van der Waals surface area contributed by atoms with E-state index in [9.17, 15) is 4.79 Å². The molecule has 1 saturated heterocycles. The quantitative estimate of drug-likeness (QED) is 0.902. The molecule has 2 unspecified atom stereocenters. The van der Waals surface area contributed by atoms with Gasteiger partial charge in [0.15, 0.2) is 0 Å². The van der Waals surface area contributed by atoms with Gasteiger partial charge in [0.05, 0.1) is 12.2 Å². The number of morpholine rings is 1. The molecule has 1 heterocycles. The van der Waals surface area contributed by atoms with Crippen molar-refractivity contribution in [3.8, 4) is 0 Å². The summed E-state index contributed by atoms with van der Waals surface area (Å²) in [6.07, 6.45) is 5.06. The Morgan fingerprint density at radius 1 is 1.12 bits per heavy atom. The molecule has 1 saturated carbocycles. The van der Waals surface area contributed by atoms with Crippen molar-refractivity contribution in [1.29, 1.82) is 0 Å². The maximum absolute atomic E-state index is 12.3. The summed E-state index contributed by atoms with van der Waals surface area (Å²) >= 11 is 0. The van der Waals surface area contributed by atoms with Crippen molar-refractivity contribution < 1.29 is 9.53 Å². The molecule has 24 heavy (non-hydrogen) atoms. The van der Waals surface area contributed by atoms with E-state index in [0.717, 1.165) is 32.5 Å². The van der Waals surface area contributed by atoms with Crippen LogP contribution in [0.5, 0.6) is 0 Å². The van der Waals surface area contributed by atoms with Crippen molar-refractivity contribution in [2.75, 3.05) is 13.1 Å². The molecule has 4 nitrogen and oxygen atoms in total. The highest BCUT2D eigenvalue weighted by Gasteiger charge is 2.24. The second-order valence-electron chi connectivity index (χ2n) is 7.42. The van der Waals surface area contributed by atoms with Gasteiger partial charge in [-0.15, -0.1) is 0 Å². The molecule has 4 heteroatoms. The van der Waals surface area contributed by atoms with E-state index >= 15 is 0 Å². The molecule has 2 aliphatic rings. The second kappa shape index (κ2) is 8.13. The number of carbonyl (C=O) groups is 1. The molecule has 2 fully saturated rings. The van der Waals surface area contributed by atoms with E-state index in [1.54, 1.807) is 0 Å². The zero-order valence-electron chi connectivity index (χ0n) is 15.0. The molecule has 1 aromatic rings. The summed E-state index contributed by atoms with van der Waals surface area (Å²) in [5, 5.41) is 3.15. The number of carbonyl (C=O) groups excluding carboxylic acids is 1. The summed E-state index contributed by atoms with van der Waals surface area (Å²) in [4.78, 5) is 14.7.